The number of nitrogens with one attached hydrogen (secondary N) is 1. The fourth-order valence-corrected chi connectivity index (χ4v) is 2.67. The van der Waals surface area contributed by atoms with Gasteiger partial charge < -0.3 is 11.1 Å². The van der Waals surface area contributed by atoms with E-state index in [0.29, 0.717) is 0 Å². The second kappa shape index (κ2) is 4.68. The summed E-state index contributed by atoms with van der Waals surface area (Å²) in [5.74, 6) is 0. The highest BCUT2D eigenvalue weighted by molar-refractivity contribution is 7.10. The number of anilines is 1. The molecule has 2 nitrogen and oxygen atoms in total. The first kappa shape index (κ1) is 11.2. The molecule has 2 rings (SSSR count). The van der Waals surface area contributed by atoms with E-state index in [0.717, 1.165) is 11.3 Å². The molecule has 16 heavy (non-hydrogen) atoms. The molecule has 0 amide bonds. The number of hydrogen-bond donors (Lipinski definition) is 2. The third-order valence-electron chi connectivity index (χ3n) is 2.74. The van der Waals surface area contributed by atoms with Gasteiger partial charge in [-0.25, -0.2) is 0 Å². The van der Waals surface area contributed by atoms with Crippen LogP contribution in [0.3, 0.4) is 0 Å². The van der Waals surface area contributed by atoms with Crippen LogP contribution in [0.15, 0.2) is 35.7 Å². The van der Waals surface area contributed by atoms with Gasteiger partial charge in [0.05, 0.1) is 6.04 Å². The van der Waals surface area contributed by atoms with Crippen molar-refractivity contribution in [1.29, 1.82) is 0 Å². The number of benzene rings is 1. The molecular weight excluding hydrogens is 216 g/mol. The van der Waals surface area contributed by atoms with Crippen LogP contribution in [-0.2, 0) is 0 Å². The summed E-state index contributed by atoms with van der Waals surface area (Å²) in [6.45, 7) is 2.10. The molecule has 0 bridgehead atoms. The zero-order valence-corrected chi connectivity index (χ0v) is 10.3. The number of thiophene rings is 1. The van der Waals surface area contributed by atoms with Gasteiger partial charge in [0.25, 0.3) is 0 Å². The van der Waals surface area contributed by atoms with E-state index >= 15 is 0 Å². The van der Waals surface area contributed by atoms with Crippen molar-refractivity contribution in [3.05, 3.63) is 51.7 Å². The highest BCUT2D eigenvalue weighted by Gasteiger charge is 2.12. The standard InChI is InChI=1S/C13H16N2S/c1-9-7-8-16-13(9)12(14)10-3-5-11(15-2)6-4-10/h3-8,12,15H,14H2,1-2H3. The van der Waals surface area contributed by atoms with Crippen molar-refractivity contribution in [2.24, 2.45) is 5.73 Å². The second-order valence-corrected chi connectivity index (χ2v) is 4.77. The lowest BCUT2D eigenvalue weighted by Crippen LogP contribution is -2.11. The topological polar surface area (TPSA) is 38.0 Å². The minimum absolute atomic E-state index is 0.00842. The lowest BCUT2D eigenvalue weighted by atomic mass is 10.0. The first-order valence-corrected chi connectivity index (χ1v) is 6.17. The van der Waals surface area contributed by atoms with Gasteiger partial charge in [-0.05, 0) is 41.6 Å². The van der Waals surface area contributed by atoms with Crippen molar-refractivity contribution in [2.45, 2.75) is 13.0 Å². The van der Waals surface area contributed by atoms with Crippen LogP contribution >= 0.6 is 11.3 Å². The molecule has 3 N–H and O–H groups in total. The van der Waals surface area contributed by atoms with Crippen LogP contribution in [0.2, 0.25) is 0 Å². The third kappa shape index (κ3) is 2.10. The summed E-state index contributed by atoms with van der Waals surface area (Å²) >= 11 is 1.72. The Labute approximate surface area is 100 Å². The summed E-state index contributed by atoms with van der Waals surface area (Å²) in [7, 11) is 1.92. The molecule has 0 saturated carbocycles. The van der Waals surface area contributed by atoms with Crippen LogP contribution in [0, 0.1) is 6.92 Å². The van der Waals surface area contributed by atoms with Gasteiger partial charge >= 0.3 is 0 Å². The SMILES string of the molecule is CNc1ccc(C(N)c2sccc2C)cc1. The molecule has 1 aromatic carbocycles. The Bertz CT molecular complexity index is 459. The lowest BCUT2D eigenvalue weighted by Gasteiger charge is -2.12. The van der Waals surface area contributed by atoms with Gasteiger partial charge in [-0.2, -0.15) is 0 Å². The summed E-state index contributed by atoms with van der Waals surface area (Å²) in [5, 5.41) is 5.19. The number of aryl methyl sites for hydroxylation is 1. The minimum Gasteiger partial charge on any atom is -0.388 e. The van der Waals surface area contributed by atoms with E-state index in [1.165, 1.54) is 10.4 Å². The number of hydrogen-bond acceptors (Lipinski definition) is 3. The van der Waals surface area contributed by atoms with Crippen LogP contribution in [-0.4, -0.2) is 7.05 Å². The summed E-state index contributed by atoms with van der Waals surface area (Å²) in [5.41, 5.74) is 9.78. The molecule has 0 fully saturated rings. The Morgan fingerprint density at radius 3 is 2.38 bits per heavy atom. The molecule has 84 valence electrons. The first-order valence-electron chi connectivity index (χ1n) is 5.29. The van der Waals surface area contributed by atoms with Crippen molar-refractivity contribution < 1.29 is 0 Å². The largest absolute Gasteiger partial charge is 0.388 e. The van der Waals surface area contributed by atoms with E-state index in [2.05, 4.69) is 48.0 Å². The second-order valence-electron chi connectivity index (χ2n) is 3.82. The fraction of sp³-hybridized carbons (Fsp3) is 0.231. The molecule has 3 heteroatoms. The predicted molar refractivity (Wildman–Crippen MR) is 71.1 cm³/mol. The van der Waals surface area contributed by atoms with Gasteiger partial charge in [0.15, 0.2) is 0 Å². The van der Waals surface area contributed by atoms with Crippen molar-refractivity contribution in [3.8, 4) is 0 Å². The van der Waals surface area contributed by atoms with Crippen molar-refractivity contribution in [3.63, 3.8) is 0 Å². The summed E-state index contributed by atoms with van der Waals surface area (Å²) < 4.78 is 0. The fourth-order valence-electron chi connectivity index (χ4n) is 1.71. The van der Waals surface area contributed by atoms with Gasteiger partial charge in [0.2, 0.25) is 0 Å². The van der Waals surface area contributed by atoms with Gasteiger partial charge in [0, 0.05) is 17.6 Å². The Balaban J connectivity index is 2.27. The molecule has 1 heterocycles. The molecule has 2 aromatic rings. The highest BCUT2D eigenvalue weighted by Crippen LogP contribution is 2.27. The number of nitrogens with two attached hydrogens (primary N) is 1. The Morgan fingerprint density at radius 2 is 1.88 bits per heavy atom. The molecule has 0 aliphatic heterocycles. The summed E-state index contributed by atoms with van der Waals surface area (Å²) in [6, 6.07) is 10.4. The molecule has 0 aliphatic carbocycles. The van der Waals surface area contributed by atoms with E-state index in [-0.39, 0.29) is 6.04 Å². The highest BCUT2D eigenvalue weighted by atomic mass is 32.1. The molecule has 1 unspecified atom stereocenters. The van der Waals surface area contributed by atoms with Gasteiger partial charge in [-0.1, -0.05) is 12.1 Å². The van der Waals surface area contributed by atoms with Gasteiger partial charge in [0.1, 0.15) is 0 Å². The average Bonchev–Trinajstić information content (AvgIpc) is 2.75. The minimum atomic E-state index is -0.00842. The maximum Gasteiger partial charge on any atom is 0.0648 e. The Hall–Kier alpha value is -1.32. The van der Waals surface area contributed by atoms with Crippen LogP contribution in [0.1, 0.15) is 22.0 Å². The molecule has 0 aliphatic rings. The molecule has 1 aromatic heterocycles. The predicted octanol–water partition coefficient (Wildman–Crippen LogP) is 3.15. The smallest absolute Gasteiger partial charge is 0.0648 e. The zero-order valence-electron chi connectivity index (χ0n) is 9.53. The van der Waals surface area contributed by atoms with Crippen LogP contribution in [0.25, 0.3) is 0 Å². The molecule has 0 spiro atoms. The average molecular weight is 232 g/mol. The lowest BCUT2D eigenvalue weighted by molar-refractivity contribution is 0.885. The first-order chi connectivity index (χ1) is 7.72. The van der Waals surface area contributed by atoms with E-state index < -0.39 is 0 Å². The molecule has 0 radical (unpaired) electrons. The number of rotatable bonds is 3. The summed E-state index contributed by atoms with van der Waals surface area (Å²) in [4.78, 5) is 1.25. The van der Waals surface area contributed by atoms with Crippen LogP contribution < -0.4 is 11.1 Å². The van der Waals surface area contributed by atoms with Crippen molar-refractivity contribution in [2.75, 3.05) is 12.4 Å². The molecule has 0 saturated heterocycles. The quantitative estimate of drug-likeness (QED) is 0.853. The Morgan fingerprint density at radius 1 is 1.19 bits per heavy atom. The van der Waals surface area contributed by atoms with Crippen molar-refractivity contribution >= 4 is 17.0 Å². The van der Waals surface area contributed by atoms with Crippen LogP contribution in [0.4, 0.5) is 5.69 Å². The summed E-state index contributed by atoms with van der Waals surface area (Å²) in [6.07, 6.45) is 0. The molecule has 1 atom stereocenters. The third-order valence-corrected chi connectivity index (χ3v) is 3.84. The van der Waals surface area contributed by atoms with Gasteiger partial charge in [-0.3, -0.25) is 0 Å². The Kier molecular flexibility index (Phi) is 3.27. The molecular formula is C13H16N2S. The van der Waals surface area contributed by atoms with Crippen molar-refractivity contribution in [1.82, 2.24) is 0 Å². The maximum atomic E-state index is 6.24. The van der Waals surface area contributed by atoms with Crippen LogP contribution in [0.5, 0.6) is 0 Å². The normalized spacial score (nSPS) is 12.4. The van der Waals surface area contributed by atoms with E-state index in [9.17, 15) is 0 Å². The maximum absolute atomic E-state index is 6.24. The van der Waals surface area contributed by atoms with Gasteiger partial charge in [-0.15, -0.1) is 11.3 Å². The van der Waals surface area contributed by atoms with E-state index in [1.807, 2.05) is 7.05 Å². The van der Waals surface area contributed by atoms with E-state index in [1.54, 1.807) is 11.3 Å². The zero-order chi connectivity index (χ0) is 11.5. The monoisotopic (exact) mass is 232 g/mol. The van der Waals surface area contributed by atoms with E-state index in [4.69, 9.17) is 5.73 Å².